The van der Waals surface area contributed by atoms with Crippen LogP contribution in [-0.2, 0) is 14.8 Å². The number of nitrogens with zero attached hydrogens (tertiary/aromatic N) is 4. The molecule has 3 aromatic rings. The van der Waals surface area contributed by atoms with Gasteiger partial charge >= 0.3 is 0 Å². The van der Waals surface area contributed by atoms with Crippen LogP contribution in [0, 0.1) is 0 Å². The summed E-state index contributed by atoms with van der Waals surface area (Å²) >= 11 is 1.41. The molecule has 2 aliphatic rings. The fourth-order valence-electron chi connectivity index (χ4n) is 4.53. The molecule has 5 rings (SSSR count). The first kappa shape index (κ1) is 29.5. The van der Waals surface area contributed by atoms with Crippen molar-refractivity contribution in [3.05, 3.63) is 42.0 Å². The molecule has 2 aromatic carbocycles. The van der Waals surface area contributed by atoms with Gasteiger partial charge in [0.05, 0.1) is 21.2 Å². The maximum Gasteiger partial charge on any atom is 0.260 e. The molecule has 212 valence electrons. The minimum absolute atomic E-state index is 0. The van der Waals surface area contributed by atoms with Crippen molar-refractivity contribution in [2.24, 2.45) is 0 Å². The molecule has 3 heterocycles. The number of hydrogen-bond acceptors (Lipinski definition) is 9. The average molecular weight is 597 g/mol. The second kappa shape index (κ2) is 12.4. The first-order chi connectivity index (χ1) is 18.2. The lowest BCUT2D eigenvalue weighted by molar-refractivity contribution is 0.0978. The first-order valence-electron chi connectivity index (χ1n) is 12.6. The minimum atomic E-state index is -3.70. The maximum absolute atomic E-state index is 13.7. The van der Waals surface area contributed by atoms with Crippen LogP contribution in [0.4, 0.5) is 5.13 Å². The Morgan fingerprint density at radius 3 is 2.46 bits per heavy atom. The fourth-order valence-corrected chi connectivity index (χ4v) is 6.73. The van der Waals surface area contributed by atoms with Gasteiger partial charge in [-0.3, -0.25) is 9.69 Å². The monoisotopic (exact) mass is 596 g/mol. The number of aromatic nitrogens is 1. The zero-order valence-electron chi connectivity index (χ0n) is 22.2. The van der Waals surface area contributed by atoms with Gasteiger partial charge in [0.25, 0.3) is 5.91 Å². The predicted octanol–water partition coefficient (Wildman–Crippen LogP) is 3.84. The number of sulfonamides is 1. The van der Waals surface area contributed by atoms with Gasteiger partial charge in [0, 0.05) is 44.4 Å². The summed E-state index contributed by atoms with van der Waals surface area (Å²) in [6.07, 6.45) is 2.46. The molecule has 0 bridgehead atoms. The van der Waals surface area contributed by atoms with Gasteiger partial charge in [-0.15, -0.1) is 12.4 Å². The predicted molar refractivity (Wildman–Crippen MR) is 153 cm³/mol. The van der Waals surface area contributed by atoms with Gasteiger partial charge in [-0.2, -0.15) is 4.31 Å². The number of ether oxygens (including phenoxy) is 3. The Bertz CT molecular complexity index is 1370. The Morgan fingerprint density at radius 2 is 1.79 bits per heavy atom. The molecule has 1 atom stereocenters. The third-order valence-electron chi connectivity index (χ3n) is 6.63. The zero-order valence-corrected chi connectivity index (χ0v) is 24.6. The molecule has 0 aliphatic carbocycles. The van der Waals surface area contributed by atoms with Gasteiger partial charge in [0.2, 0.25) is 16.8 Å². The van der Waals surface area contributed by atoms with E-state index in [4.69, 9.17) is 19.2 Å². The van der Waals surface area contributed by atoms with Crippen molar-refractivity contribution in [1.82, 2.24) is 14.2 Å². The van der Waals surface area contributed by atoms with Gasteiger partial charge in [-0.05, 0) is 64.2 Å². The van der Waals surface area contributed by atoms with E-state index in [0.717, 1.165) is 36.0 Å². The first-order valence-corrected chi connectivity index (χ1v) is 14.8. The topological polar surface area (TPSA) is 102 Å². The molecule has 2 aliphatic heterocycles. The summed E-state index contributed by atoms with van der Waals surface area (Å²) in [5.74, 6) is 1.07. The van der Waals surface area contributed by atoms with Crippen LogP contribution in [0.1, 0.15) is 29.6 Å². The molecule has 0 radical (unpaired) electrons. The van der Waals surface area contributed by atoms with Crippen LogP contribution in [0.2, 0.25) is 0 Å². The van der Waals surface area contributed by atoms with Crippen LogP contribution in [-0.4, -0.2) is 88.8 Å². The number of halogens is 1. The Kier molecular flexibility index (Phi) is 9.35. The smallest absolute Gasteiger partial charge is 0.260 e. The van der Waals surface area contributed by atoms with E-state index in [1.807, 2.05) is 26.2 Å². The number of amides is 1. The molecule has 10 nitrogen and oxygen atoms in total. The molecule has 0 spiro atoms. The van der Waals surface area contributed by atoms with Crippen molar-refractivity contribution in [2.75, 3.05) is 59.1 Å². The molecule has 39 heavy (non-hydrogen) atoms. The van der Waals surface area contributed by atoms with E-state index in [1.54, 1.807) is 24.1 Å². The van der Waals surface area contributed by atoms with Crippen LogP contribution >= 0.6 is 23.7 Å². The summed E-state index contributed by atoms with van der Waals surface area (Å²) in [6, 6.07) is 9.82. The lowest BCUT2D eigenvalue weighted by Gasteiger charge is -2.22. The summed E-state index contributed by atoms with van der Waals surface area (Å²) in [6.45, 7) is 2.43. The number of thiazole rings is 1. The molecular weight excluding hydrogens is 564 g/mol. The van der Waals surface area contributed by atoms with Crippen LogP contribution < -0.4 is 14.4 Å². The van der Waals surface area contributed by atoms with E-state index in [2.05, 4.69) is 4.90 Å². The van der Waals surface area contributed by atoms with Gasteiger partial charge in [-0.1, -0.05) is 11.3 Å². The summed E-state index contributed by atoms with van der Waals surface area (Å²) < 4.78 is 44.9. The summed E-state index contributed by atoms with van der Waals surface area (Å²) in [5.41, 5.74) is 1.12. The standard InChI is InChI=1S/C26H32N4O6S2.ClH/c1-28(2)11-5-12-30(26-27-21-14-22-23(36-17-35-22)15-24(21)37-26)25(31)18-7-9-20(10-8-18)38(32,33)29(3)16-19-6-4-13-34-19;/h7-10,14-15,19H,4-6,11-13,16-17H2,1-3H3;1H. The number of rotatable bonds is 10. The van der Waals surface area contributed by atoms with Crippen LogP contribution in [0.25, 0.3) is 10.2 Å². The van der Waals surface area contributed by atoms with Crippen LogP contribution in [0.3, 0.4) is 0 Å². The Hall–Kier alpha value is -2.48. The lowest BCUT2D eigenvalue weighted by Crippen LogP contribution is -2.34. The fraction of sp³-hybridized carbons (Fsp3) is 0.462. The highest BCUT2D eigenvalue weighted by Crippen LogP contribution is 2.40. The van der Waals surface area contributed by atoms with Gasteiger partial charge in [0.15, 0.2) is 16.6 Å². The minimum Gasteiger partial charge on any atom is -0.454 e. The van der Waals surface area contributed by atoms with Crippen molar-refractivity contribution < 1.29 is 27.4 Å². The van der Waals surface area contributed by atoms with Crippen molar-refractivity contribution >= 4 is 55.0 Å². The SMILES string of the molecule is CN(C)CCCN(C(=O)c1ccc(S(=O)(=O)N(C)CC2CCCO2)cc1)c1nc2cc3c(cc2s1)OCO3.Cl. The van der Waals surface area contributed by atoms with Crippen molar-refractivity contribution in [3.8, 4) is 11.5 Å². The maximum atomic E-state index is 13.7. The molecule has 0 N–H and O–H groups in total. The third-order valence-corrected chi connectivity index (χ3v) is 9.51. The molecule has 1 unspecified atom stereocenters. The normalized spacial score (nSPS) is 16.7. The number of carbonyl (C=O) groups is 1. The average Bonchev–Trinajstić information content (AvgIpc) is 3.65. The molecular formula is C26H33ClN4O6S2. The molecule has 1 saturated heterocycles. The van der Waals surface area contributed by atoms with E-state index >= 15 is 0 Å². The van der Waals surface area contributed by atoms with Gasteiger partial charge in [0.1, 0.15) is 0 Å². The van der Waals surface area contributed by atoms with E-state index in [9.17, 15) is 13.2 Å². The second-order valence-corrected chi connectivity index (χ2v) is 12.8. The Morgan fingerprint density at radius 1 is 1.08 bits per heavy atom. The highest BCUT2D eigenvalue weighted by molar-refractivity contribution is 7.89. The van der Waals surface area contributed by atoms with Gasteiger partial charge < -0.3 is 19.1 Å². The van der Waals surface area contributed by atoms with E-state index < -0.39 is 10.0 Å². The highest BCUT2D eigenvalue weighted by atomic mass is 35.5. The van der Waals surface area contributed by atoms with Crippen LogP contribution in [0.15, 0.2) is 41.3 Å². The number of fused-ring (bicyclic) bond motifs is 2. The lowest BCUT2D eigenvalue weighted by atomic mass is 10.2. The zero-order chi connectivity index (χ0) is 26.9. The number of benzene rings is 2. The quantitative estimate of drug-likeness (QED) is 0.348. The molecule has 1 fully saturated rings. The second-order valence-electron chi connectivity index (χ2n) is 9.73. The largest absolute Gasteiger partial charge is 0.454 e. The molecule has 1 amide bonds. The van der Waals surface area contributed by atoms with Crippen LogP contribution in [0.5, 0.6) is 11.5 Å². The summed E-state index contributed by atoms with van der Waals surface area (Å²) in [7, 11) is 1.83. The number of likely N-dealkylation sites (N-methyl/N-ethyl adjacent to an activating group) is 1. The summed E-state index contributed by atoms with van der Waals surface area (Å²) in [4.78, 5) is 22.3. The molecule has 1 aromatic heterocycles. The van der Waals surface area contributed by atoms with Crippen molar-refractivity contribution in [1.29, 1.82) is 0 Å². The number of carbonyl (C=O) groups excluding carboxylic acids is 1. The highest BCUT2D eigenvalue weighted by Gasteiger charge is 2.27. The molecule has 13 heteroatoms. The van der Waals surface area contributed by atoms with Crippen molar-refractivity contribution in [2.45, 2.75) is 30.3 Å². The third kappa shape index (κ3) is 6.47. The van der Waals surface area contributed by atoms with E-state index in [-0.39, 0.29) is 36.1 Å². The van der Waals surface area contributed by atoms with Gasteiger partial charge in [-0.25, -0.2) is 13.4 Å². The Balaban J connectivity index is 0.00000353. The Labute approximate surface area is 238 Å². The number of anilines is 1. The molecule has 0 saturated carbocycles. The number of hydrogen-bond donors (Lipinski definition) is 0. The van der Waals surface area contributed by atoms with Crippen molar-refractivity contribution in [3.63, 3.8) is 0 Å². The van der Waals surface area contributed by atoms with E-state index in [0.29, 0.717) is 41.9 Å². The summed E-state index contributed by atoms with van der Waals surface area (Å²) in [5, 5.41) is 0.570. The van der Waals surface area contributed by atoms with E-state index in [1.165, 1.54) is 27.8 Å².